The fourth-order valence-corrected chi connectivity index (χ4v) is 6.90. The summed E-state index contributed by atoms with van der Waals surface area (Å²) in [6.07, 6.45) is 4.37. The SMILES string of the molecule is C[C@@H]1C[C@@H](C)C[NH+](CC(=O)N2CCN(S(=O)(=O)c3ccc4c(c3)CCC4)CC2)C1. The minimum absolute atomic E-state index is 0.163. The highest BCUT2D eigenvalue weighted by molar-refractivity contribution is 7.89. The second kappa shape index (κ2) is 8.36. The molecule has 1 aromatic rings. The van der Waals surface area contributed by atoms with Gasteiger partial charge in [-0.1, -0.05) is 19.9 Å². The van der Waals surface area contributed by atoms with Crippen LogP contribution in [0.4, 0.5) is 0 Å². The number of nitrogens with one attached hydrogen (secondary N) is 1. The first-order valence-corrected chi connectivity index (χ1v) is 12.5. The fourth-order valence-electron chi connectivity index (χ4n) is 5.43. The van der Waals surface area contributed by atoms with E-state index in [0.717, 1.165) is 32.4 Å². The lowest BCUT2D eigenvalue weighted by atomic mass is 9.92. The number of sulfonamides is 1. The third-order valence-corrected chi connectivity index (χ3v) is 8.67. The normalized spacial score (nSPS) is 28.3. The smallest absolute Gasteiger partial charge is 0.277 e. The number of amides is 1. The van der Waals surface area contributed by atoms with Gasteiger partial charge in [0.1, 0.15) is 0 Å². The van der Waals surface area contributed by atoms with Crippen molar-refractivity contribution in [3.05, 3.63) is 29.3 Å². The van der Waals surface area contributed by atoms with E-state index in [4.69, 9.17) is 0 Å². The van der Waals surface area contributed by atoms with E-state index in [9.17, 15) is 13.2 Å². The van der Waals surface area contributed by atoms with Crippen molar-refractivity contribution in [3.63, 3.8) is 0 Å². The number of carbonyl (C=O) groups excluding carboxylic acids is 1. The van der Waals surface area contributed by atoms with Gasteiger partial charge in [0.05, 0.1) is 18.0 Å². The molecule has 2 aliphatic heterocycles. The van der Waals surface area contributed by atoms with Gasteiger partial charge in [-0.15, -0.1) is 0 Å². The van der Waals surface area contributed by atoms with Gasteiger partial charge in [-0.2, -0.15) is 4.31 Å². The number of aryl methyl sites for hydroxylation is 2. The van der Waals surface area contributed by atoms with E-state index < -0.39 is 10.0 Å². The third-order valence-electron chi connectivity index (χ3n) is 6.78. The predicted octanol–water partition coefficient (Wildman–Crippen LogP) is 0.569. The van der Waals surface area contributed by atoms with Gasteiger partial charge in [0, 0.05) is 38.0 Å². The molecule has 0 aromatic heterocycles. The monoisotopic (exact) mass is 420 g/mol. The molecule has 0 bridgehead atoms. The van der Waals surface area contributed by atoms with Crippen LogP contribution in [0, 0.1) is 11.8 Å². The highest BCUT2D eigenvalue weighted by Crippen LogP contribution is 2.26. The van der Waals surface area contributed by atoms with Gasteiger partial charge in [0.15, 0.2) is 6.54 Å². The summed E-state index contributed by atoms with van der Waals surface area (Å²) in [6, 6.07) is 5.58. The Hall–Kier alpha value is -1.44. The second-order valence-electron chi connectivity index (χ2n) is 9.35. The van der Waals surface area contributed by atoms with Gasteiger partial charge in [0.25, 0.3) is 5.91 Å². The summed E-state index contributed by atoms with van der Waals surface area (Å²) in [4.78, 5) is 16.4. The summed E-state index contributed by atoms with van der Waals surface area (Å²) in [5.41, 5.74) is 2.45. The van der Waals surface area contributed by atoms with Crippen LogP contribution in [0.25, 0.3) is 0 Å². The van der Waals surface area contributed by atoms with Crippen molar-refractivity contribution in [1.82, 2.24) is 9.21 Å². The Morgan fingerprint density at radius 2 is 1.69 bits per heavy atom. The summed E-state index contributed by atoms with van der Waals surface area (Å²) in [5, 5.41) is 0. The van der Waals surface area contributed by atoms with Crippen LogP contribution in [0.1, 0.15) is 37.8 Å². The van der Waals surface area contributed by atoms with Crippen LogP contribution >= 0.6 is 0 Å². The summed E-state index contributed by atoms with van der Waals surface area (Å²) < 4.78 is 27.7. The molecule has 7 heteroatoms. The van der Waals surface area contributed by atoms with Gasteiger partial charge >= 0.3 is 0 Å². The Morgan fingerprint density at radius 3 is 2.38 bits per heavy atom. The molecule has 0 radical (unpaired) electrons. The van der Waals surface area contributed by atoms with Crippen molar-refractivity contribution in [2.45, 2.75) is 44.4 Å². The quantitative estimate of drug-likeness (QED) is 0.775. The van der Waals surface area contributed by atoms with Gasteiger partial charge < -0.3 is 9.80 Å². The zero-order valence-electron chi connectivity index (χ0n) is 17.7. The van der Waals surface area contributed by atoms with E-state index in [0.29, 0.717) is 49.5 Å². The number of hydrogen-bond donors (Lipinski definition) is 1. The number of carbonyl (C=O) groups is 1. The molecule has 1 aliphatic carbocycles. The lowest BCUT2D eigenvalue weighted by Gasteiger charge is -2.36. The van der Waals surface area contributed by atoms with E-state index in [1.807, 2.05) is 17.0 Å². The Balaban J connectivity index is 1.34. The van der Waals surface area contributed by atoms with Crippen LogP contribution in [0.3, 0.4) is 0 Å². The minimum atomic E-state index is -3.48. The first-order chi connectivity index (χ1) is 13.8. The summed E-state index contributed by atoms with van der Waals surface area (Å²) >= 11 is 0. The minimum Gasteiger partial charge on any atom is -0.335 e. The maximum atomic E-state index is 13.1. The average Bonchev–Trinajstić information content (AvgIpc) is 3.15. The van der Waals surface area contributed by atoms with Crippen molar-refractivity contribution in [2.75, 3.05) is 45.8 Å². The molecule has 29 heavy (non-hydrogen) atoms. The number of hydrogen-bond acceptors (Lipinski definition) is 3. The molecule has 3 aliphatic rings. The molecule has 0 saturated carbocycles. The van der Waals surface area contributed by atoms with Gasteiger partial charge in [-0.25, -0.2) is 8.42 Å². The Morgan fingerprint density at radius 1 is 1.03 bits per heavy atom. The van der Waals surface area contributed by atoms with Crippen LogP contribution in [0.5, 0.6) is 0 Å². The molecule has 1 aromatic carbocycles. The van der Waals surface area contributed by atoms with Crippen LogP contribution < -0.4 is 4.90 Å². The van der Waals surface area contributed by atoms with E-state index in [-0.39, 0.29) is 5.91 Å². The highest BCUT2D eigenvalue weighted by atomic mass is 32.2. The molecule has 1 amide bonds. The number of likely N-dealkylation sites (tertiary alicyclic amines) is 1. The molecular formula is C22H34N3O3S+. The van der Waals surface area contributed by atoms with E-state index >= 15 is 0 Å². The predicted molar refractivity (Wildman–Crippen MR) is 112 cm³/mol. The number of fused-ring (bicyclic) bond motifs is 1. The molecule has 0 spiro atoms. The molecule has 4 rings (SSSR count). The molecule has 2 saturated heterocycles. The van der Waals surface area contributed by atoms with Crippen molar-refractivity contribution in [3.8, 4) is 0 Å². The zero-order valence-corrected chi connectivity index (χ0v) is 18.5. The van der Waals surface area contributed by atoms with Crippen LogP contribution in [-0.4, -0.2) is 69.3 Å². The maximum Gasteiger partial charge on any atom is 0.277 e. The molecule has 2 heterocycles. The first-order valence-electron chi connectivity index (χ1n) is 11.1. The van der Waals surface area contributed by atoms with Crippen molar-refractivity contribution >= 4 is 15.9 Å². The number of benzene rings is 1. The van der Waals surface area contributed by atoms with Crippen molar-refractivity contribution in [2.24, 2.45) is 11.8 Å². The van der Waals surface area contributed by atoms with Crippen molar-refractivity contribution < 1.29 is 18.1 Å². The molecule has 0 unspecified atom stereocenters. The number of piperidine rings is 1. The Labute approximate surface area is 174 Å². The largest absolute Gasteiger partial charge is 0.335 e. The topological polar surface area (TPSA) is 62.1 Å². The summed E-state index contributed by atoms with van der Waals surface area (Å²) in [7, 11) is -3.48. The fraction of sp³-hybridized carbons (Fsp3) is 0.682. The van der Waals surface area contributed by atoms with Crippen molar-refractivity contribution in [1.29, 1.82) is 0 Å². The van der Waals surface area contributed by atoms with E-state index in [2.05, 4.69) is 13.8 Å². The van der Waals surface area contributed by atoms with Crippen LogP contribution in [-0.2, 0) is 27.7 Å². The van der Waals surface area contributed by atoms with Gasteiger partial charge in [-0.05, 0) is 48.9 Å². The number of rotatable bonds is 4. The zero-order chi connectivity index (χ0) is 20.6. The second-order valence-corrected chi connectivity index (χ2v) is 11.3. The molecule has 160 valence electrons. The molecule has 1 N–H and O–H groups in total. The number of piperazine rings is 1. The van der Waals surface area contributed by atoms with Gasteiger partial charge in [-0.3, -0.25) is 4.79 Å². The molecule has 2 fully saturated rings. The first kappa shape index (κ1) is 20.8. The van der Waals surface area contributed by atoms with Gasteiger partial charge in [0.2, 0.25) is 10.0 Å². The highest BCUT2D eigenvalue weighted by Gasteiger charge is 2.33. The number of nitrogens with zero attached hydrogens (tertiary/aromatic N) is 2. The van der Waals surface area contributed by atoms with E-state index in [1.54, 1.807) is 10.4 Å². The third kappa shape index (κ3) is 4.52. The van der Waals surface area contributed by atoms with E-state index in [1.165, 1.54) is 22.4 Å². The number of quaternary nitrogens is 1. The molecule has 2 atom stereocenters. The maximum absolute atomic E-state index is 13.1. The summed E-state index contributed by atoms with van der Waals surface area (Å²) in [6.45, 7) is 8.92. The van der Waals surface area contributed by atoms with Crippen LogP contribution in [0.15, 0.2) is 23.1 Å². The summed E-state index contributed by atoms with van der Waals surface area (Å²) in [5.74, 6) is 1.49. The lowest BCUT2D eigenvalue weighted by Crippen LogP contribution is -3.15. The lowest BCUT2D eigenvalue weighted by molar-refractivity contribution is -0.904. The molecular weight excluding hydrogens is 386 g/mol. The molecule has 6 nitrogen and oxygen atoms in total. The average molecular weight is 421 g/mol. The Kier molecular flexibility index (Phi) is 6.00. The standard InChI is InChI=1S/C22H33N3O3S/c1-17-12-18(2)15-23(14-17)16-22(26)24-8-10-25(11-9-24)29(27,28)21-7-6-19-4-3-5-20(19)13-21/h6-7,13,17-18H,3-5,8-12,14-16H2,1-2H3/p+1/t17-,18-/m1/s1. The Bertz CT molecular complexity index is 852. The van der Waals surface area contributed by atoms with Crippen LogP contribution in [0.2, 0.25) is 0 Å².